The Labute approximate surface area is 101 Å². The first-order valence-electron chi connectivity index (χ1n) is 5.64. The number of hydrogen-bond donors (Lipinski definition) is 3. The Bertz CT molecular complexity index is 377. The number of benzene rings is 1. The van der Waals surface area contributed by atoms with Crippen LogP contribution < -0.4 is 16.6 Å². The van der Waals surface area contributed by atoms with Gasteiger partial charge in [0.2, 0.25) is 5.96 Å². The van der Waals surface area contributed by atoms with E-state index in [4.69, 9.17) is 5.84 Å². The zero-order valence-electron chi connectivity index (χ0n) is 10.2. The molecule has 0 unspecified atom stereocenters. The fourth-order valence-corrected chi connectivity index (χ4v) is 1.40. The molecule has 0 aromatic heterocycles. The molecule has 1 aromatic carbocycles. The minimum absolute atomic E-state index is 0.193. The van der Waals surface area contributed by atoms with E-state index >= 15 is 0 Å². The van der Waals surface area contributed by atoms with Gasteiger partial charge in [-0.1, -0.05) is 18.2 Å². The molecule has 0 aliphatic rings. The van der Waals surface area contributed by atoms with Gasteiger partial charge in [0.15, 0.2) is 0 Å². The molecule has 0 aliphatic heterocycles. The summed E-state index contributed by atoms with van der Waals surface area (Å²) in [5.74, 6) is 5.64. The normalized spacial score (nSPS) is 11.7. The van der Waals surface area contributed by atoms with Gasteiger partial charge in [0, 0.05) is 12.6 Å². The summed E-state index contributed by atoms with van der Waals surface area (Å²) >= 11 is 0. The van der Waals surface area contributed by atoms with Crippen LogP contribution in [0.3, 0.4) is 0 Å². The zero-order valence-corrected chi connectivity index (χ0v) is 10.2. The molecular weight excluding hydrogens is 219 g/mol. The number of aliphatic imine (C=N–C) groups is 1. The number of hydrogen-bond acceptors (Lipinski definition) is 2. The molecule has 0 saturated carbocycles. The summed E-state index contributed by atoms with van der Waals surface area (Å²) in [5, 5.41) is 3.05. The lowest BCUT2D eigenvalue weighted by Gasteiger charge is -2.11. The third-order valence-corrected chi connectivity index (χ3v) is 2.17. The van der Waals surface area contributed by atoms with E-state index in [0.29, 0.717) is 24.5 Å². The topological polar surface area (TPSA) is 62.4 Å². The van der Waals surface area contributed by atoms with Gasteiger partial charge in [-0.05, 0) is 31.9 Å². The van der Waals surface area contributed by atoms with Gasteiger partial charge in [-0.15, -0.1) is 0 Å². The van der Waals surface area contributed by atoms with Gasteiger partial charge in [-0.25, -0.2) is 10.2 Å². The molecule has 1 rings (SSSR count). The van der Waals surface area contributed by atoms with Crippen LogP contribution in [0, 0.1) is 5.82 Å². The molecule has 17 heavy (non-hydrogen) atoms. The minimum atomic E-state index is -0.193. The zero-order chi connectivity index (χ0) is 12.7. The van der Waals surface area contributed by atoms with Crippen molar-refractivity contribution in [3.8, 4) is 0 Å². The van der Waals surface area contributed by atoms with Crippen molar-refractivity contribution in [1.82, 2.24) is 10.7 Å². The van der Waals surface area contributed by atoms with E-state index in [-0.39, 0.29) is 11.9 Å². The summed E-state index contributed by atoms with van der Waals surface area (Å²) < 4.78 is 13.3. The molecule has 0 spiro atoms. The quantitative estimate of drug-likeness (QED) is 0.319. The van der Waals surface area contributed by atoms with Crippen LogP contribution in [-0.4, -0.2) is 18.5 Å². The highest BCUT2D eigenvalue weighted by Crippen LogP contribution is 2.06. The third kappa shape index (κ3) is 4.82. The molecule has 0 saturated heterocycles. The highest BCUT2D eigenvalue weighted by atomic mass is 19.1. The molecule has 5 heteroatoms. The Morgan fingerprint density at radius 1 is 1.41 bits per heavy atom. The van der Waals surface area contributed by atoms with Crippen LogP contribution in [0.15, 0.2) is 29.3 Å². The minimum Gasteiger partial charge on any atom is -0.353 e. The average Bonchev–Trinajstić information content (AvgIpc) is 2.29. The van der Waals surface area contributed by atoms with Crippen molar-refractivity contribution in [3.63, 3.8) is 0 Å². The SMILES string of the molecule is CC(C)NC(=NCCc1ccccc1F)NN. The summed E-state index contributed by atoms with van der Waals surface area (Å²) in [5.41, 5.74) is 3.14. The number of nitrogens with two attached hydrogens (primary N) is 1. The Morgan fingerprint density at radius 3 is 2.71 bits per heavy atom. The third-order valence-electron chi connectivity index (χ3n) is 2.17. The van der Waals surface area contributed by atoms with Crippen LogP contribution in [0.25, 0.3) is 0 Å². The van der Waals surface area contributed by atoms with E-state index in [9.17, 15) is 4.39 Å². The number of rotatable bonds is 4. The van der Waals surface area contributed by atoms with Crippen molar-refractivity contribution in [2.45, 2.75) is 26.3 Å². The molecule has 0 amide bonds. The smallest absolute Gasteiger partial charge is 0.205 e. The van der Waals surface area contributed by atoms with E-state index in [1.165, 1.54) is 6.07 Å². The molecule has 4 nitrogen and oxygen atoms in total. The van der Waals surface area contributed by atoms with Gasteiger partial charge in [0.05, 0.1) is 0 Å². The Balaban J connectivity index is 2.50. The fraction of sp³-hybridized carbons (Fsp3) is 0.417. The summed E-state index contributed by atoms with van der Waals surface area (Å²) in [6.07, 6.45) is 0.553. The second-order valence-corrected chi connectivity index (χ2v) is 4.02. The summed E-state index contributed by atoms with van der Waals surface area (Å²) in [7, 11) is 0. The predicted octanol–water partition coefficient (Wildman–Crippen LogP) is 1.19. The summed E-state index contributed by atoms with van der Waals surface area (Å²) in [6.45, 7) is 4.47. The van der Waals surface area contributed by atoms with E-state index < -0.39 is 0 Å². The first kappa shape index (κ1) is 13.4. The molecule has 0 heterocycles. The molecule has 94 valence electrons. The highest BCUT2D eigenvalue weighted by molar-refractivity contribution is 5.79. The number of nitrogens with zero attached hydrogens (tertiary/aromatic N) is 1. The first-order valence-corrected chi connectivity index (χ1v) is 5.64. The second-order valence-electron chi connectivity index (χ2n) is 4.02. The van der Waals surface area contributed by atoms with Crippen LogP contribution in [0.4, 0.5) is 4.39 Å². The first-order chi connectivity index (χ1) is 8.13. The molecular formula is C12H19FN4. The number of nitrogens with one attached hydrogen (secondary N) is 2. The van der Waals surface area contributed by atoms with Crippen molar-refractivity contribution in [1.29, 1.82) is 0 Å². The van der Waals surface area contributed by atoms with Gasteiger partial charge < -0.3 is 5.32 Å². The standard InChI is InChI=1S/C12H19FN4/c1-9(2)16-12(17-14)15-8-7-10-5-3-4-6-11(10)13/h3-6,9H,7-8,14H2,1-2H3,(H2,15,16,17). The maximum Gasteiger partial charge on any atom is 0.205 e. The van der Waals surface area contributed by atoms with Crippen LogP contribution >= 0.6 is 0 Å². The number of hydrazine groups is 1. The maximum absolute atomic E-state index is 13.3. The van der Waals surface area contributed by atoms with Gasteiger partial charge in [-0.2, -0.15) is 0 Å². The lowest BCUT2D eigenvalue weighted by molar-refractivity contribution is 0.609. The van der Waals surface area contributed by atoms with Gasteiger partial charge in [-0.3, -0.25) is 10.4 Å². The van der Waals surface area contributed by atoms with Crippen LogP contribution in [0.2, 0.25) is 0 Å². The van der Waals surface area contributed by atoms with Crippen LogP contribution in [0.5, 0.6) is 0 Å². The molecule has 0 atom stereocenters. The average molecular weight is 238 g/mol. The van der Waals surface area contributed by atoms with Crippen molar-refractivity contribution in [2.24, 2.45) is 10.8 Å². The van der Waals surface area contributed by atoms with E-state index in [0.717, 1.165) is 0 Å². The Kier molecular flexibility index (Phi) is 5.42. The number of guanidine groups is 1. The van der Waals surface area contributed by atoms with Crippen molar-refractivity contribution < 1.29 is 4.39 Å². The van der Waals surface area contributed by atoms with E-state index in [1.807, 2.05) is 19.9 Å². The maximum atomic E-state index is 13.3. The van der Waals surface area contributed by atoms with E-state index in [1.54, 1.807) is 12.1 Å². The molecule has 4 N–H and O–H groups in total. The summed E-state index contributed by atoms with van der Waals surface area (Å²) in [6, 6.07) is 6.95. The summed E-state index contributed by atoms with van der Waals surface area (Å²) in [4.78, 5) is 4.22. The lowest BCUT2D eigenvalue weighted by atomic mass is 10.1. The fourth-order valence-electron chi connectivity index (χ4n) is 1.40. The molecule has 0 fully saturated rings. The van der Waals surface area contributed by atoms with Gasteiger partial charge >= 0.3 is 0 Å². The van der Waals surface area contributed by atoms with Crippen LogP contribution in [0.1, 0.15) is 19.4 Å². The van der Waals surface area contributed by atoms with Gasteiger partial charge in [0.1, 0.15) is 5.82 Å². The van der Waals surface area contributed by atoms with Crippen LogP contribution in [-0.2, 0) is 6.42 Å². The highest BCUT2D eigenvalue weighted by Gasteiger charge is 2.01. The lowest BCUT2D eigenvalue weighted by Crippen LogP contribution is -2.44. The monoisotopic (exact) mass is 238 g/mol. The molecule has 0 bridgehead atoms. The largest absolute Gasteiger partial charge is 0.353 e. The Morgan fingerprint density at radius 2 is 2.12 bits per heavy atom. The number of halogens is 1. The van der Waals surface area contributed by atoms with Crippen molar-refractivity contribution in [3.05, 3.63) is 35.6 Å². The van der Waals surface area contributed by atoms with Crippen molar-refractivity contribution >= 4 is 5.96 Å². The molecule has 0 aliphatic carbocycles. The van der Waals surface area contributed by atoms with E-state index in [2.05, 4.69) is 15.7 Å². The predicted molar refractivity (Wildman–Crippen MR) is 68.0 cm³/mol. The van der Waals surface area contributed by atoms with Crippen molar-refractivity contribution in [2.75, 3.05) is 6.54 Å². The molecule has 0 radical (unpaired) electrons. The second kappa shape index (κ2) is 6.85. The van der Waals surface area contributed by atoms with Gasteiger partial charge in [0.25, 0.3) is 0 Å². The molecule has 1 aromatic rings. The Hall–Kier alpha value is -1.62.